The number of fused-ring (bicyclic) bond motifs is 1. The summed E-state index contributed by atoms with van der Waals surface area (Å²) in [7, 11) is 0. The Morgan fingerprint density at radius 2 is 1.85 bits per heavy atom. The number of H-pyrrole nitrogens is 1. The fraction of sp³-hybridized carbons (Fsp3) is 0.211. The topological polar surface area (TPSA) is 74.8 Å². The Balaban J connectivity index is 0.00000210. The zero-order valence-electron chi connectivity index (χ0n) is 14.5. The molecule has 144 valence electrons. The summed E-state index contributed by atoms with van der Waals surface area (Å²) in [4.78, 5) is 31.0. The van der Waals surface area contributed by atoms with Crippen LogP contribution in [0.5, 0.6) is 0 Å². The van der Waals surface area contributed by atoms with E-state index in [1.165, 1.54) is 25.1 Å². The number of carbonyl (C=O) groups is 1. The van der Waals surface area contributed by atoms with E-state index >= 15 is 0 Å². The first-order chi connectivity index (χ1) is 12.8. The molecule has 0 saturated carbocycles. The molecule has 1 amide bonds. The first-order valence-corrected chi connectivity index (χ1v) is 8.21. The first kappa shape index (κ1) is 18.6. The summed E-state index contributed by atoms with van der Waals surface area (Å²) in [5, 5.41) is 2.59. The highest BCUT2D eigenvalue weighted by molar-refractivity contribution is 5.85. The fourth-order valence-electron chi connectivity index (χ4n) is 2.80. The van der Waals surface area contributed by atoms with E-state index in [-0.39, 0.29) is 19.5 Å². The molecule has 0 spiro atoms. The van der Waals surface area contributed by atoms with Gasteiger partial charge >= 0.3 is 0 Å². The monoisotopic (exact) mass is 379 g/mol. The second kappa shape index (κ2) is 7.22. The molecule has 0 aliphatic rings. The van der Waals surface area contributed by atoms with Crippen molar-refractivity contribution in [3.63, 3.8) is 0 Å². The van der Waals surface area contributed by atoms with Crippen LogP contribution >= 0.6 is 0 Å². The van der Waals surface area contributed by atoms with Gasteiger partial charge in [0.25, 0.3) is 5.56 Å². The first-order valence-electron chi connectivity index (χ1n) is 8.21. The maximum absolute atomic E-state index is 13.9. The number of nitrogens with one attached hydrogen (secondary N) is 2. The predicted molar refractivity (Wildman–Crippen MR) is 97.9 cm³/mol. The van der Waals surface area contributed by atoms with Gasteiger partial charge in [0.2, 0.25) is 11.9 Å². The lowest BCUT2D eigenvalue weighted by Crippen LogP contribution is -2.33. The number of hydrogen-bond donors (Lipinski definition) is 2. The van der Waals surface area contributed by atoms with Crippen LogP contribution < -0.4 is 10.9 Å². The third-order valence-corrected chi connectivity index (χ3v) is 4.34. The lowest BCUT2D eigenvalue weighted by molar-refractivity contribution is -0.122. The average molecular weight is 379 g/mol. The third kappa shape index (κ3) is 3.84. The lowest BCUT2D eigenvalue weighted by atomic mass is 10.00. The molecule has 3 rings (SSSR count). The highest BCUT2D eigenvalue weighted by atomic mass is 19.1. The molecule has 27 heavy (non-hydrogen) atoms. The largest absolute Gasteiger partial charge is 0.349 e. The van der Waals surface area contributed by atoms with Crippen molar-refractivity contribution in [3.8, 4) is 0 Å². The second-order valence-electron chi connectivity index (χ2n) is 6.24. The van der Waals surface area contributed by atoms with Crippen molar-refractivity contribution in [1.82, 2.24) is 15.3 Å². The Morgan fingerprint density at radius 3 is 2.56 bits per heavy atom. The molecule has 0 saturated heterocycles. The van der Waals surface area contributed by atoms with Crippen molar-refractivity contribution in [2.45, 2.75) is 25.8 Å². The van der Waals surface area contributed by atoms with Gasteiger partial charge < -0.3 is 10.3 Å². The molecule has 0 bridgehead atoms. The van der Waals surface area contributed by atoms with E-state index in [4.69, 9.17) is 0 Å². The van der Waals surface area contributed by atoms with Crippen molar-refractivity contribution < 1.29 is 20.8 Å². The number of aromatic amines is 1. The zero-order valence-corrected chi connectivity index (χ0v) is 14.5. The van der Waals surface area contributed by atoms with E-state index < -0.39 is 41.0 Å². The minimum absolute atomic E-state index is 0. The number of aromatic nitrogens is 2. The maximum Gasteiger partial charge on any atom is 0.252 e. The van der Waals surface area contributed by atoms with Gasteiger partial charge in [-0.1, -0.05) is 6.07 Å². The molecular weight excluding hydrogens is 359 g/mol. The van der Waals surface area contributed by atoms with Crippen LogP contribution in [0.15, 0.2) is 41.2 Å². The van der Waals surface area contributed by atoms with E-state index in [2.05, 4.69) is 15.3 Å². The van der Waals surface area contributed by atoms with Crippen molar-refractivity contribution in [2.75, 3.05) is 0 Å². The molecule has 0 fully saturated rings. The Bertz CT molecular complexity index is 1090. The van der Waals surface area contributed by atoms with Crippen LogP contribution in [0.3, 0.4) is 0 Å². The van der Waals surface area contributed by atoms with E-state index in [0.29, 0.717) is 5.52 Å². The minimum Gasteiger partial charge on any atom is -0.349 e. The standard InChI is InChI=1S/C19H16F3N3O2.2H2/c1-9(13-8-16-15(25-19(13)27)5-6-17(22)24-16)18(26)23-10(2)12-4-3-11(20)7-14(12)21;;/h3-10H,1-2H3,(H,23,26)(H,25,27);2*1H/t9-,10-;;/m0../s1. The van der Waals surface area contributed by atoms with Crippen LogP contribution in [0.1, 0.15) is 39.8 Å². The van der Waals surface area contributed by atoms with Crippen LogP contribution in [-0.2, 0) is 4.79 Å². The smallest absolute Gasteiger partial charge is 0.252 e. The van der Waals surface area contributed by atoms with Crippen molar-refractivity contribution >= 4 is 16.9 Å². The van der Waals surface area contributed by atoms with Gasteiger partial charge in [0.1, 0.15) is 11.6 Å². The zero-order chi connectivity index (χ0) is 19.7. The molecular formula is C19H20F3N3O2. The van der Waals surface area contributed by atoms with Gasteiger partial charge in [-0.2, -0.15) is 4.39 Å². The van der Waals surface area contributed by atoms with Gasteiger partial charge in [-0.15, -0.1) is 0 Å². The number of nitrogens with zero attached hydrogens (tertiary/aromatic N) is 1. The molecule has 1 aromatic carbocycles. The molecule has 2 atom stereocenters. The summed E-state index contributed by atoms with van der Waals surface area (Å²) in [5.74, 6) is -3.64. The SMILES string of the molecule is C[C@H](NC(=O)[C@@H](C)c1cc2nc(F)ccc2[nH]c1=O)c1ccc(F)cc1F.[HH].[HH]. The van der Waals surface area contributed by atoms with E-state index in [0.717, 1.165) is 18.2 Å². The number of benzene rings is 1. The molecule has 2 heterocycles. The molecule has 0 radical (unpaired) electrons. The fourth-order valence-corrected chi connectivity index (χ4v) is 2.80. The Morgan fingerprint density at radius 1 is 1.11 bits per heavy atom. The van der Waals surface area contributed by atoms with Crippen molar-refractivity contribution in [1.29, 1.82) is 0 Å². The van der Waals surface area contributed by atoms with Gasteiger partial charge in [-0.25, -0.2) is 13.8 Å². The van der Waals surface area contributed by atoms with Gasteiger partial charge in [0, 0.05) is 20.0 Å². The molecule has 2 N–H and O–H groups in total. The summed E-state index contributed by atoms with van der Waals surface area (Å²) < 4.78 is 40.2. The Hall–Kier alpha value is -3.16. The molecule has 0 unspecified atom stereocenters. The van der Waals surface area contributed by atoms with Crippen LogP contribution in [-0.4, -0.2) is 15.9 Å². The van der Waals surface area contributed by atoms with Crippen LogP contribution in [0, 0.1) is 17.6 Å². The van der Waals surface area contributed by atoms with Gasteiger partial charge in [0.05, 0.1) is 23.0 Å². The predicted octanol–water partition coefficient (Wildman–Crippen LogP) is 3.81. The highest BCUT2D eigenvalue weighted by Crippen LogP contribution is 2.21. The van der Waals surface area contributed by atoms with Gasteiger partial charge in [-0.05, 0) is 38.1 Å². The summed E-state index contributed by atoms with van der Waals surface area (Å²) in [5.41, 5.74) is 0.276. The Kier molecular flexibility index (Phi) is 4.98. The summed E-state index contributed by atoms with van der Waals surface area (Å²) in [6.45, 7) is 3.04. The number of amides is 1. The summed E-state index contributed by atoms with van der Waals surface area (Å²) >= 11 is 0. The average Bonchev–Trinajstić information content (AvgIpc) is 2.60. The summed E-state index contributed by atoms with van der Waals surface area (Å²) in [6, 6.07) is 6.19. The number of pyridine rings is 2. The maximum atomic E-state index is 13.9. The third-order valence-electron chi connectivity index (χ3n) is 4.34. The molecule has 5 nitrogen and oxygen atoms in total. The van der Waals surface area contributed by atoms with E-state index in [9.17, 15) is 22.8 Å². The molecule has 3 aromatic rings. The van der Waals surface area contributed by atoms with Crippen LogP contribution in [0.4, 0.5) is 13.2 Å². The Labute approximate surface area is 155 Å². The van der Waals surface area contributed by atoms with Crippen LogP contribution in [0.2, 0.25) is 0 Å². The number of halogens is 3. The number of rotatable bonds is 4. The number of carbonyl (C=O) groups excluding carboxylic acids is 1. The lowest BCUT2D eigenvalue weighted by Gasteiger charge is -2.18. The van der Waals surface area contributed by atoms with Gasteiger partial charge in [0.15, 0.2) is 0 Å². The van der Waals surface area contributed by atoms with E-state index in [1.54, 1.807) is 6.92 Å². The molecule has 0 aliphatic heterocycles. The minimum atomic E-state index is -0.894. The highest BCUT2D eigenvalue weighted by Gasteiger charge is 2.22. The number of hydrogen-bond acceptors (Lipinski definition) is 3. The van der Waals surface area contributed by atoms with Crippen molar-refractivity contribution in [2.24, 2.45) is 0 Å². The normalized spacial score (nSPS) is 13.4. The van der Waals surface area contributed by atoms with Crippen molar-refractivity contribution in [3.05, 3.63) is 75.5 Å². The molecule has 8 heteroatoms. The molecule has 2 aromatic heterocycles. The van der Waals surface area contributed by atoms with Crippen LogP contribution in [0.25, 0.3) is 11.0 Å². The molecule has 0 aliphatic carbocycles. The van der Waals surface area contributed by atoms with Gasteiger partial charge in [-0.3, -0.25) is 9.59 Å². The van der Waals surface area contributed by atoms with E-state index in [1.807, 2.05) is 0 Å². The quantitative estimate of drug-likeness (QED) is 0.677. The second-order valence-corrected chi connectivity index (χ2v) is 6.24. The summed E-state index contributed by atoms with van der Waals surface area (Å²) in [6.07, 6.45) is 0.